The van der Waals surface area contributed by atoms with E-state index in [-0.39, 0.29) is 0 Å². The lowest BCUT2D eigenvalue weighted by atomic mass is 9.91. The molecular formula is C10H14. The van der Waals surface area contributed by atoms with Gasteiger partial charge in [0.05, 0.1) is 0 Å². The molecule has 1 saturated carbocycles. The van der Waals surface area contributed by atoms with E-state index in [4.69, 9.17) is 0 Å². The van der Waals surface area contributed by atoms with E-state index in [2.05, 4.69) is 0 Å². The number of fused-ring (bicyclic) bond motifs is 2. The molecule has 3 aliphatic carbocycles. The van der Waals surface area contributed by atoms with Gasteiger partial charge in [0.2, 0.25) is 0 Å². The van der Waals surface area contributed by atoms with Gasteiger partial charge in [0.15, 0.2) is 0 Å². The fourth-order valence-electron chi connectivity index (χ4n) is 2.89. The summed E-state index contributed by atoms with van der Waals surface area (Å²) in [5, 5.41) is 0. The van der Waals surface area contributed by atoms with Crippen LogP contribution >= 0.6 is 0 Å². The van der Waals surface area contributed by atoms with E-state index >= 15 is 0 Å². The maximum Gasteiger partial charge on any atom is -0.0166 e. The van der Waals surface area contributed by atoms with Crippen LogP contribution in [-0.2, 0) is 0 Å². The molecule has 0 heterocycles. The van der Waals surface area contributed by atoms with E-state index in [0.717, 1.165) is 11.8 Å². The molecule has 54 valence electrons. The summed E-state index contributed by atoms with van der Waals surface area (Å²) in [7, 11) is 0. The minimum Gasteiger partial charge on any atom is -0.0704 e. The third-order valence-electron chi connectivity index (χ3n) is 3.51. The largest absolute Gasteiger partial charge is 0.0704 e. The second-order valence-corrected chi connectivity index (χ2v) is 4.14. The lowest BCUT2D eigenvalue weighted by Gasteiger charge is -2.15. The van der Waals surface area contributed by atoms with Crippen molar-refractivity contribution in [1.82, 2.24) is 0 Å². The van der Waals surface area contributed by atoms with Crippen LogP contribution in [0, 0.1) is 11.8 Å². The number of hydrogen-bond acceptors (Lipinski definition) is 0. The van der Waals surface area contributed by atoms with Gasteiger partial charge in [0.1, 0.15) is 0 Å². The van der Waals surface area contributed by atoms with Gasteiger partial charge in [-0.1, -0.05) is 11.1 Å². The molecule has 0 aromatic rings. The molecule has 0 bridgehead atoms. The average Bonchev–Trinajstić information content (AvgIpc) is 2.64. The molecule has 0 aromatic carbocycles. The van der Waals surface area contributed by atoms with Crippen LogP contribution in [0.1, 0.15) is 38.5 Å². The summed E-state index contributed by atoms with van der Waals surface area (Å²) in [6.45, 7) is 0. The van der Waals surface area contributed by atoms with Gasteiger partial charge in [0.25, 0.3) is 0 Å². The van der Waals surface area contributed by atoms with Gasteiger partial charge >= 0.3 is 0 Å². The molecule has 0 nitrogen and oxygen atoms in total. The highest BCUT2D eigenvalue weighted by molar-refractivity contribution is 5.32. The summed E-state index contributed by atoms with van der Waals surface area (Å²) >= 11 is 0. The Labute approximate surface area is 62.3 Å². The summed E-state index contributed by atoms with van der Waals surface area (Å²) in [6.07, 6.45) is 8.96. The van der Waals surface area contributed by atoms with Crippen LogP contribution in [0.3, 0.4) is 0 Å². The Morgan fingerprint density at radius 3 is 2.90 bits per heavy atom. The highest BCUT2D eigenvalue weighted by Gasteiger charge is 2.46. The van der Waals surface area contributed by atoms with Crippen molar-refractivity contribution in [1.29, 1.82) is 0 Å². The monoisotopic (exact) mass is 134 g/mol. The number of hydrogen-bond donors (Lipinski definition) is 0. The van der Waals surface area contributed by atoms with E-state index in [1.807, 2.05) is 11.1 Å². The van der Waals surface area contributed by atoms with Crippen LogP contribution in [0.2, 0.25) is 0 Å². The van der Waals surface area contributed by atoms with Crippen LogP contribution in [0.4, 0.5) is 0 Å². The van der Waals surface area contributed by atoms with Crippen LogP contribution in [0.5, 0.6) is 0 Å². The first-order valence-electron chi connectivity index (χ1n) is 4.66. The van der Waals surface area contributed by atoms with Crippen LogP contribution in [0.15, 0.2) is 11.1 Å². The maximum absolute atomic E-state index is 1.91. The quantitative estimate of drug-likeness (QED) is 0.447. The van der Waals surface area contributed by atoms with Crippen LogP contribution in [0.25, 0.3) is 0 Å². The molecule has 0 saturated heterocycles. The van der Waals surface area contributed by atoms with Crippen molar-refractivity contribution in [3.05, 3.63) is 11.1 Å². The van der Waals surface area contributed by atoms with E-state index in [0.29, 0.717) is 0 Å². The lowest BCUT2D eigenvalue weighted by Crippen LogP contribution is -1.96. The molecule has 2 atom stereocenters. The van der Waals surface area contributed by atoms with Gasteiger partial charge in [0, 0.05) is 0 Å². The first-order chi connectivity index (χ1) is 4.95. The summed E-state index contributed by atoms with van der Waals surface area (Å²) in [5.41, 5.74) is 3.80. The predicted octanol–water partition coefficient (Wildman–Crippen LogP) is 2.90. The minimum absolute atomic E-state index is 1.11. The predicted molar refractivity (Wildman–Crippen MR) is 41.7 cm³/mol. The lowest BCUT2D eigenvalue weighted by molar-refractivity contribution is 0.649. The molecule has 10 heavy (non-hydrogen) atoms. The Kier molecular flexibility index (Phi) is 0.898. The summed E-state index contributed by atoms with van der Waals surface area (Å²) < 4.78 is 0. The molecule has 0 unspecified atom stereocenters. The summed E-state index contributed by atoms with van der Waals surface area (Å²) in [6, 6.07) is 0. The molecular weight excluding hydrogens is 120 g/mol. The molecule has 3 aliphatic rings. The Balaban J connectivity index is 1.96. The van der Waals surface area contributed by atoms with Gasteiger partial charge in [-0.3, -0.25) is 0 Å². The Bertz CT molecular complexity index is 200. The summed E-state index contributed by atoms with van der Waals surface area (Å²) in [4.78, 5) is 0. The van der Waals surface area contributed by atoms with Crippen molar-refractivity contribution in [2.75, 3.05) is 0 Å². The number of rotatable bonds is 0. The normalized spacial score (nSPS) is 43.2. The van der Waals surface area contributed by atoms with Gasteiger partial charge in [-0.15, -0.1) is 0 Å². The van der Waals surface area contributed by atoms with Gasteiger partial charge in [-0.05, 0) is 50.4 Å². The molecule has 0 spiro atoms. The second-order valence-electron chi connectivity index (χ2n) is 4.14. The van der Waals surface area contributed by atoms with Crippen LogP contribution in [-0.4, -0.2) is 0 Å². The highest BCUT2D eigenvalue weighted by Crippen LogP contribution is 2.58. The molecule has 0 aliphatic heterocycles. The Morgan fingerprint density at radius 2 is 2.00 bits per heavy atom. The SMILES string of the molecule is C1CCC2=C(C1)C[C@@H]1C[C@H]21. The van der Waals surface area contributed by atoms with E-state index in [1.165, 1.54) is 32.1 Å². The smallest absolute Gasteiger partial charge is 0.0166 e. The van der Waals surface area contributed by atoms with Gasteiger partial charge in [-0.25, -0.2) is 0 Å². The summed E-state index contributed by atoms with van der Waals surface area (Å²) in [5.74, 6) is 2.25. The zero-order valence-electron chi connectivity index (χ0n) is 6.40. The fourth-order valence-corrected chi connectivity index (χ4v) is 2.89. The second kappa shape index (κ2) is 1.66. The van der Waals surface area contributed by atoms with Crippen molar-refractivity contribution >= 4 is 0 Å². The first-order valence-corrected chi connectivity index (χ1v) is 4.66. The average molecular weight is 134 g/mol. The zero-order valence-corrected chi connectivity index (χ0v) is 6.40. The van der Waals surface area contributed by atoms with E-state index in [1.54, 1.807) is 6.42 Å². The third-order valence-corrected chi connectivity index (χ3v) is 3.51. The first kappa shape index (κ1) is 5.40. The van der Waals surface area contributed by atoms with Crippen molar-refractivity contribution in [3.63, 3.8) is 0 Å². The molecule has 0 aromatic heterocycles. The Morgan fingerprint density at radius 1 is 1.10 bits per heavy atom. The topological polar surface area (TPSA) is 0 Å². The fraction of sp³-hybridized carbons (Fsp3) is 0.800. The van der Waals surface area contributed by atoms with E-state index < -0.39 is 0 Å². The standard InChI is InChI=1S/C10H14/c1-2-4-9-7(3-1)5-8-6-10(8)9/h8,10H,1-6H2/t8-,10+/m1/s1. The van der Waals surface area contributed by atoms with Crippen LogP contribution < -0.4 is 0 Å². The molecule has 0 amide bonds. The van der Waals surface area contributed by atoms with E-state index in [9.17, 15) is 0 Å². The third kappa shape index (κ3) is 0.574. The molecule has 0 heteroatoms. The molecule has 0 radical (unpaired) electrons. The van der Waals surface area contributed by atoms with Crippen molar-refractivity contribution in [2.45, 2.75) is 38.5 Å². The zero-order chi connectivity index (χ0) is 6.55. The van der Waals surface area contributed by atoms with Crippen molar-refractivity contribution in [3.8, 4) is 0 Å². The highest BCUT2D eigenvalue weighted by atomic mass is 14.5. The molecule has 3 rings (SSSR count). The minimum atomic E-state index is 1.11. The van der Waals surface area contributed by atoms with Crippen molar-refractivity contribution in [2.24, 2.45) is 11.8 Å². The number of allylic oxidation sites excluding steroid dienone is 2. The Hall–Kier alpha value is -0.260. The molecule has 0 N–H and O–H groups in total. The molecule has 1 fully saturated rings. The van der Waals surface area contributed by atoms with Gasteiger partial charge in [-0.2, -0.15) is 0 Å². The van der Waals surface area contributed by atoms with Crippen molar-refractivity contribution < 1.29 is 0 Å². The van der Waals surface area contributed by atoms with Gasteiger partial charge < -0.3 is 0 Å². The maximum atomic E-state index is 1.91.